The quantitative estimate of drug-likeness (QED) is 0.803. The highest BCUT2D eigenvalue weighted by Gasteiger charge is 2.25. The third-order valence-electron chi connectivity index (χ3n) is 3.59. The molecular formula is C14H23NO4S2. The molecule has 7 heteroatoms. The summed E-state index contributed by atoms with van der Waals surface area (Å²) in [6, 6.07) is 1.23. The minimum atomic E-state index is -3.67. The van der Waals surface area contributed by atoms with Gasteiger partial charge in [0.2, 0.25) is 10.0 Å². The first-order chi connectivity index (χ1) is 9.56. The fraction of sp³-hybridized carbons (Fsp3) is 0.643. The maximum atomic E-state index is 12.3. The predicted octanol–water partition coefficient (Wildman–Crippen LogP) is 2.96. The van der Waals surface area contributed by atoms with Gasteiger partial charge in [-0.3, -0.25) is 0 Å². The minimum Gasteiger partial charge on any atom is -0.477 e. The van der Waals surface area contributed by atoms with Gasteiger partial charge < -0.3 is 5.11 Å². The van der Waals surface area contributed by atoms with Crippen molar-refractivity contribution >= 4 is 27.3 Å². The maximum Gasteiger partial charge on any atom is 0.345 e. The Morgan fingerprint density at radius 2 is 1.81 bits per heavy atom. The van der Waals surface area contributed by atoms with Gasteiger partial charge in [-0.15, -0.1) is 11.3 Å². The summed E-state index contributed by atoms with van der Waals surface area (Å²) >= 11 is 0.977. The van der Waals surface area contributed by atoms with E-state index in [0.717, 1.165) is 11.3 Å². The Morgan fingerprint density at radius 1 is 1.29 bits per heavy atom. The molecule has 0 atom stereocenters. The van der Waals surface area contributed by atoms with Crippen molar-refractivity contribution in [2.45, 2.75) is 39.5 Å². The van der Waals surface area contributed by atoms with Crippen LogP contribution in [0.3, 0.4) is 0 Å². The molecule has 0 bridgehead atoms. The third-order valence-corrected chi connectivity index (χ3v) is 6.31. The number of thiophene rings is 1. The van der Waals surface area contributed by atoms with E-state index in [1.165, 1.54) is 6.07 Å². The zero-order chi connectivity index (χ0) is 16.4. The van der Waals surface area contributed by atoms with Gasteiger partial charge in [0, 0.05) is 11.4 Å². The van der Waals surface area contributed by atoms with Gasteiger partial charge in [-0.2, -0.15) is 0 Å². The Kier molecular flexibility index (Phi) is 5.95. The summed E-state index contributed by atoms with van der Waals surface area (Å²) in [5, 5.41) is 8.95. The molecule has 0 amide bonds. The summed E-state index contributed by atoms with van der Waals surface area (Å²) in [5.41, 5.74) is 0. The largest absolute Gasteiger partial charge is 0.477 e. The first-order valence-corrected chi connectivity index (χ1v) is 9.19. The zero-order valence-corrected chi connectivity index (χ0v) is 14.6. The molecule has 0 aromatic carbocycles. The van der Waals surface area contributed by atoms with Gasteiger partial charge in [0.1, 0.15) is 4.88 Å². The number of hydrogen-bond donors (Lipinski definition) is 2. The lowest BCUT2D eigenvalue weighted by atomic mass is 9.86. The van der Waals surface area contributed by atoms with Crippen molar-refractivity contribution in [1.29, 1.82) is 0 Å². The van der Waals surface area contributed by atoms with Crippen LogP contribution < -0.4 is 4.72 Å². The van der Waals surface area contributed by atoms with Crippen LogP contribution in [0.4, 0.5) is 0 Å². The van der Waals surface area contributed by atoms with Gasteiger partial charge in [0.25, 0.3) is 0 Å². The minimum absolute atomic E-state index is 0.0390. The lowest BCUT2D eigenvalue weighted by Gasteiger charge is -2.24. The van der Waals surface area contributed by atoms with Gasteiger partial charge in [0.15, 0.2) is 0 Å². The third kappa shape index (κ3) is 4.52. The fourth-order valence-electron chi connectivity index (χ4n) is 2.36. The first-order valence-electron chi connectivity index (χ1n) is 6.89. The molecule has 0 aliphatic heterocycles. The van der Waals surface area contributed by atoms with Crippen LogP contribution in [0.5, 0.6) is 0 Å². The van der Waals surface area contributed by atoms with E-state index in [9.17, 15) is 13.2 Å². The number of sulfonamides is 1. The molecule has 1 rings (SSSR count). The van der Waals surface area contributed by atoms with Gasteiger partial charge in [0.05, 0.1) is 4.90 Å². The Morgan fingerprint density at radius 3 is 2.19 bits per heavy atom. The average molecular weight is 333 g/mol. The Bertz CT molecular complexity index is 594. The number of nitrogens with one attached hydrogen (secondary N) is 1. The summed E-state index contributed by atoms with van der Waals surface area (Å²) in [5.74, 6) is -0.138. The van der Waals surface area contributed by atoms with E-state index >= 15 is 0 Å². The van der Waals surface area contributed by atoms with Crippen LogP contribution in [0.1, 0.15) is 42.2 Å². The second-order valence-electron chi connectivity index (χ2n) is 5.84. The number of hydrogen-bond acceptors (Lipinski definition) is 4. The summed E-state index contributed by atoms with van der Waals surface area (Å²) < 4.78 is 27.3. The lowest BCUT2D eigenvalue weighted by Crippen LogP contribution is -2.34. The molecular weight excluding hydrogens is 310 g/mol. The molecule has 0 saturated carbocycles. The number of rotatable bonds is 7. The molecule has 0 aliphatic carbocycles. The van der Waals surface area contributed by atoms with Crippen molar-refractivity contribution in [2.24, 2.45) is 17.8 Å². The van der Waals surface area contributed by atoms with E-state index in [4.69, 9.17) is 5.11 Å². The number of aryl methyl sites for hydroxylation is 1. The molecule has 1 aromatic rings. The first kappa shape index (κ1) is 18.1. The van der Waals surface area contributed by atoms with Crippen molar-refractivity contribution in [3.63, 3.8) is 0 Å². The average Bonchev–Trinajstić information content (AvgIpc) is 2.71. The highest BCUT2D eigenvalue weighted by Crippen LogP contribution is 2.26. The van der Waals surface area contributed by atoms with Crippen molar-refractivity contribution in [1.82, 2.24) is 4.72 Å². The molecule has 21 heavy (non-hydrogen) atoms. The summed E-state index contributed by atoms with van der Waals surface area (Å²) in [7, 11) is -3.67. The van der Waals surface area contributed by atoms with E-state index in [-0.39, 0.29) is 15.7 Å². The molecule has 2 N–H and O–H groups in total. The van der Waals surface area contributed by atoms with Crippen molar-refractivity contribution in [3.05, 3.63) is 15.8 Å². The SMILES string of the molecule is Cc1sc(C(=O)O)cc1S(=O)(=O)NCC(C(C)C)C(C)C. The van der Waals surface area contributed by atoms with Gasteiger partial charge >= 0.3 is 5.97 Å². The molecule has 0 fully saturated rings. The summed E-state index contributed by atoms with van der Waals surface area (Å²) in [4.78, 5) is 11.5. The second kappa shape index (κ2) is 6.89. The van der Waals surface area contributed by atoms with Crippen LogP contribution in [-0.2, 0) is 10.0 Å². The molecule has 120 valence electrons. The van der Waals surface area contributed by atoms with Crippen LogP contribution in [0.25, 0.3) is 0 Å². The highest BCUT2D eigenvalue weighted by atomic mass is 32.2. The molecule has 0 spiro atoms. The normalized spacial score (nSPS) is 12.6. The van der Waals surface area contributed by atoms with Crippen molar-refractivity contribution < 1.29 is 18.3 Å². The Balaban J connectivity index is 2.94. The molecule has 0 aliphatic rings. The zero-order valence-electron chi connectivity index (χ0n) is 13.0. The van der Waals surface area contributed by atoms with E-state index in [1.54, 1.807) is 6.92 Å². The van der Waals surface area contributed by atoms with Gasteiger partial charge in [-0.25, -0.2) is 17.9 Å². The standard InChI is InChI=1S/C14H23NO4S2/c1-8(2)11(9(3)4)7-15-21(18,19)13-6-12(14(16)17)20-10(13)5/h6,8-9,11,15H,7H2,1-5H3,(H,16,17). The molecule has 5 nitrogen and oxygen atoms in total. The van der Waals surface area contributed by atoms with Crippen LogP contribution in [0, 0.1) is 24.7 Å². The number of carbonyl (C=O) groups is 1. The van der Waals surface area contributed by atoms with E-state index in [2.05, 4.69) is 32.4 Å². The number of carboxylic acid groups (broad SMARTS) is 1. The van der Waals surface area contributed by atoms with Gasteiger partial charge in [-0.05, 0) is 30.7 Å². The smallest absolute Gasteiger partial charge is 0.345 e. The predicted molar refractivity (Wildman–Crippen MR) is 84.4 cm³/mol. The molecule has 1 aromatic heterocycles. The molecule has 1 heterocycles. The maximum absolute atomic E-state index is 12.3. The molecule has 0 unspecified atom stereocenters. The van der Waals surface area contributed by atoms with Crippen molar-refractivity contribution in [2.75, 3.05) is 6.54 Å². The van der Waals surface area contributed by atoms with Crippen LogP contribution in [-0.4, -0.2) is 26.0 Å². The van der Waals surface area contributed by atoms with Crippen LogP contribution >= 0.6 is 11.3 Å². The summed E-state index contributed by atoms with van der Waals surface area (Å²) in [6.45, 7) is 10.2. The molecule has 0 radical (unpaired) electrons. The van der Waals surface area contributed by atoms with E-state index in [0.29, 0.717) is 23.3 Å². The Labute approximate surface area is 130 Å². The second-order valence-corrected chi connectivity index (χ2v) is 8.83. The van der Waals surface area contributed by atoms with Crippen LogP contribution in [0.2, 0.25) is 0 Å². The fourth-order valence-corrected chi connectivity index (χ4v) is 4.86. The number of aromatic carboxylic acids is 1. The number of carboxylic acids is 1. The van der Waals surface area contributed by atoms with Gasteiger partial charge in [-0.1, -0.05) is 27.7 Å². The van der Waals surface area contributed by atoms with E-state index in [1.807, 2.05) is 0 Å². The lowest BCUT2D eigenvalue weighted by molar-refractivity contribution is 0.0702. The van der Waals surface area contributed by atoms with E-state index < -0.39 is 16.0 Å². The molecule has 0 saturated heterocycles. The highest BCUT2D eigenvalue weighted by molar-refractivity contribution is 7.89. The van der Waals surface area contributed by atoms with Crippen molar-refractivity contribution in [3.8, 4) is 0 Å². The summed E-state index contributed by atoms with van der Waals surface area (Å²) in [6.07, 6.45) is 0. The Hall–Kier alpha value is -0.920. The van der Waals surface area contributed by atoms with Crippen LogP contribution in [0.15, 0.2) is 11.0 Å². The monoisotopic (exact) mass is 333 g/mol. The topological polar surface area (TPSA) is 83.5 Å².